The average molecular weight is 414 g/mol. The molecule has 1 saturated heterocycles. The summed E-state index contributed by atoms with van der Waals surface area (Å²) in [6.07, 6.45) is 2.94. The molecule has 2 amide bonds. The molecule has 2 atom stereocenters. The Balaban J connectivity index is 1.71. The van der Waals surface area contributed by atoms with Crippen molar-refractivity contribution < 1.29 is 18.7 Å². The zero-order chi connectivity index (χ0) is 21.5. The van der Waals surface area contributed by atoms with Gasteiger partial charge in [-0.3, -0.25) is 14.5 Å². The first-order valence-corrected chi connectivity index (χ1v) is 10.6. The van der Waals surface area contributed by atoms with Gasteiger partial charge in [-0.05, 0) is 55.8 Å². The summed E-state index contributed by atoms with van der Waals surface area (Å²) in [6.45, 7) is 6.97. The maximum Gasteiger partial charge on any atom is 0.290 e. The van der Waals surface area contributed by atoms with Crippen LogP contribution in [0.4, 0.5) is 0 Å². The molecule has 1 aromatic carbocycles. The van der Waals surface area contributed by atoms with Crippen LogP contribution in [-0.2, 0) is 4.79 Å². The van der Waals surface area contributed by atoms with Gasteiger partial charge in [-0.15, -0.1) is 0 Å². The molecule has 7 nitrogen and oxygen atoms in total. The monoisotopic (exact) mass is 413 g/mol. The molecule has 0 radical (unpaired) electrons. The Labute approximate surface area is 178 Å². The summed E-state index contributed by atoms with van der Waals surface area (Å²) < 4.78 is 10.6. The molecule has 0 bridgehead atoms. The maximum atomic E-state index is 13.0. The molecule has 1 aliphatic rings. The number of nitrogens with one attached hydrogen (secondary N) is 1. The van der Waals surface area contributed by atoms with Crippen molar-refractivity contribution in [2.75, 3.05) is 33.3 Å². The molecule has 0 saturated carbocycles. The second-order valence-corrected chi connectivity index (χ2v) is 7.39. The number of carbonyl (C=O) groups excluding carboxylic acids is 2. The number of rotatable bonds is 9. The molecule has 3 rings (SSSR count). The number of hydrogen-bond acceptors (Lipinski definition) is 5. The molecule has 2 heterocycles. The number of carbonyl (C=O) groups is 2. The molecule has 1 fully saturated rings. The van der Waals surface area contributed by atoms with Gasteiger partial charge in [-0.25, -0.2) is 0 Å². The van der Waals surface area contributed by atoms with Gasteiger partial charge in [0.15, 0.2) is 5.76 Å². The summed E-state index contributed by atoms with van der Waals surface area (Å²) in [4.78, 5) is 29.6. The van der Waals surface area contributed by atoms with Crippen LogP contribution in [0.15, 0.2) is 47.1 Å². The first-order chi connectivity index (χ1) is 14.6. The lowest BCUT2D eigenvalue weighted by molar-refractivity contribution is -0.125. The van der Waals surface area contributed by atoms with E-state index in [1.807, 2.05) is 18.2 Å². The Morgan fingerprint density at radius 1 is 1.27 bits per heavy atom. The summed E-state index contributed by atoms with van der Waals surface area (Å²) in [5, 5.41) is 3.09. The number of nitrogens with zero attached hydrogens (tertiary/aromatic N) is 2. The Bertz CT molecular complexity index is 833. The van der Waals surface area contributed by atoms with Crippen molar-refractivity contribution in [3.05, 3.63) is 54.0 Å². The summed E-state index contributed by atoms with van der Waals surface area (Å²) in [7, 11) is 1.65. The van der Waals surface area contributed by atoms with Gasteiger partial charge in [0.2, 0.25) is 5.91 Å². The maximum absolute atomic E-state index is 13.0. The minimum absolute atomic E-state index is 0.0229. The van der Waals surface area contributed by atoms with Gasteiger partial charge in [0.25, 0.3) is 5.91 Å². The van der Waals surface area contributed by atoms with Crippen LogP contribution >= 0.6 is 0 Å². The molecule has 1 aliphatic heterocycles. The standard InChI is InChI=1S/C23H31N3O4/c1-4-25(5-2)20(17-9-6-10-18(15-17)29-3)16-24-22(27)19-11-7-13-26(19)23(28)21-12-8-14-30-21/h6,8-10,12,14-15,19-20H,4-5,7,11,13,16H2,1-3H3,(H,24,27). The fraction of sp³-hybridized carbons (Fsp3) is 0.478. The average Bonchev–Trinajstić information content (AvgIpc) is 3.48. The summed E-state index contributed by atoms with van der Waals surface area (Å²) >= 11 is 0. The fourth-order valence-electron chi connectivity index (χ4n) is 4.11. The Morgan fingerprint density at radius 3 is 2.73 bits per heavy atom. The first kappa shape index (κ1) is 21.9. The molecule has 0 spiro atoms. The predicted octanol–water partition coefficient (Wildman–Crippen LogP) is 3.09. The van der Waals surface area contributed by atoms with Crippen LogP contribution in [0.2, 0.25) is 0 Å². The van der Waals surface area contributed by atoms with Crippen LogP contribution in [0, 0.1) is 0 Å². The third kappa shape index (κ3) is 4.84. The van der Waals surface area contributed by atoms with Crippen molar-refractivity contribution >= 4 is 11.8 Å². The fourth-order valence-corrected chi connectivity index (χ4v) is 4.11. The lowest BCUT2D eigenvalue weighted by Gasteiger charge is -2.31. The van der Waals surface area contributed by atoms with Gasteiger partial charge in [0.1, 0.15) is 11.8 Å². The zero-order valence-corrected chi connectivity index (χ0v) is 18.0. The van der Waals surface area contributed by atoms with E-state index in [0.29, 0.717) is 19.5 Å². The molecule has 0 aliphatic carbocycles. The van der Waals surface area contributed by atoms with E-state index >= 15 is 0 Å². The van der Waals surface area contributed by atoms with Gasteiger partial charge in [0, 0.05) is 13.1 Å². The topological polar surface area (TPSA) is 75.0 Å². The van der Waals surface area contributed by atoms with Crippen LogP contribution in [-0.4, -0.2) is 60.9 Å². The first-order valence-electron chi connectivity index (χ1n) is 10.6. The van der Waals surface area contributed by atoms with Gasteiger partial charge in [-0.1, -0.05) is 26.0 Å². The number of ether oxygens (including phenoxy) is 1. The van der Waals surface area contributed by atoms with Gasteiger partial charge in [0.05, 0.1) is 19.4 Å². The van der Waals surface area contributed by atoms with Crippen LogP contribution in [0.5, 0.6) is 5.75 Å². The van der Waals surface area contributed by atoms with Crippen molar-refractivity contribution in [1.82, 2.24) is 15.1 Å². The zero-order valence-electron chi connectivity index (χ0n) is 18.0. The van der Waals surface area contributed by atoms with Crippen molar-refractivity contribution in [3.8, 4) is 5.75 Å². The number of likely N-dealkylation sites (tertiary alicyclic amines) is 1. The minimum Gasteiger partial charge on any atom is -0.497 e. The lowest BCUT2D eigenvalue weighted by Crippen LogP contribution is -2.48. The van der Waals surface area contributed by atoms with E-state index in [1.54, 1.807) is 24.1 Å². The highest BCUT2D eigenvalue weighted by Crippen LogP contribution is 2.25. The summed E-state index contributed by atoms with van der Waals surface area (Å²) in [5.41, 5.74) is 1.09. The molecule has 1 N–H and O–H groups in total. The second-order valence-electron chi connectivity index (χ2n) is 7.39. The van der Waals surface area contributed by atoms with Crippen LogP contribution in [0.1, 0.15) is 48.8 Å². The minimum atomic E-state index is -0.467. The highest BCUT2D eigenvalue weighted by atomic mass is 16.5. The van der Waals surface area contributed by atoms with E-state index in [4.69, 9.17) is 9.15 Å². The number of amides is 2. The number of likely N-dealkylation sites (N-methyl/N-ethyl adjacent to an activating group) is 1. The predicted molar refractivity (Wildman–Crippen MR) is 114 cm³/mol. The van der Waals surface area contributed by atoms with E-state index in [9.17, 15) is 9.59 Å². The Kier molecular flexibility index (Phi) is 7.52. The van der Waals surface area contributed by atoms with Gasteiger partial charge in [-0.2, -0.15) is 0 Å². The molecule has 2 unspecified atom stereocenters. The van der Waals surface area contributed by atoms with E-state index in [0.717, 1.165) is 30.8 Å². The number of hydrogen-bond donors (Lipinski definition) is 1. The van der Waals surface area contributed by atoms with Crippen LogP contribution < -0.4 is 10.1 Å². The SMILES string of the molecule is CCN(CC)C(CNC(=O)C1CCCN1C(=O)c1ccco1)c1cccc(OC)c1. The normalized spacial score (nSPS) is 17.2. The largest absolute Gasteiger partial charge is 0.497 e. The van der Waals surface area contributed by atoms with Gasteiger partial charge >= 0.3 is 0 Å². The Morgan fingerprint density at radius 2 is 2.07 bits per heavy atom. The summed E-state index contributed by atoms with van der Waals surface area (Å²) in [5.74, 6) is 0.715. The van der Waals surface area contributed by atoms with Crippen molar-refractivity contribution in [3.63, 3.8) is 0 Å². The highest BCUT2D eigenvalue weighted by Gasteiger charge is 2.35. The molecule has 162 valence electrons. The molecular formula is C23H31N3O4. The van der Waals surface area contributed by atoms with Crippen molar-refractivity contribution in [2.45, 2.75) is 38.8 Å². The second kappa shape index (κ2) is 10.3. The molecule has 1 aromatic heterocycles. The van der Waals surface area contributed by atoms with E-state index in [-0.39, 0.29) is 23.6 Å². The van der Waals surface area contributed by atoms with E-state index in [2.05, 4.69) is 30.1 Å². The Hall–Kier alpha value is -2.80. The van der Waals surface area contributed by atoms with Crippen molar-refractivity contribution in [2.24, 2.45) is 0 Å². The summed E-state index contributed by atoms with van der Waals surface area (Å²) in [6, 6.07) is 10.8. The number of methoxy groups -OCH3 is 1. The van der Waals surface area contributed by atoms with Crippen molar-refractivity contribution in [1.29, 1.82) is 0 Å². The molecule has 7 heteroatoms. The van der Waals surface area contributed by atoms with Crippen LogP contribution in [0.3, 0.4) is 0 Å². The van der Waals surface area contributed by atoms with E-state index < -0.39 is 6.04 Å². The molecule has 2 aromatic rings. The number of benzene rings is 1. The van der Waals surface area contributed by atoms with Crippen LogP contribution in [0.25, 0.3) is 0 Å². The third-order valence-corrected chi connectivity index (χ3v) is 5.75. The lowest BCUT2D eigenvalue weighted by atomic mass is 10.0. The van der Waals surface area contributed by atoms with Gasteiger partial charge < -0.3 is 19.4 Å². The third-order valence-electron chi connectivity index (χ3n) is 5.75. The molecular weight excluding hydrogens is 382 g/mol. The highest BCUT2D eigenvalue weighted by molar-refractivity contribution is 5.96. The molecule has 30 heavy (non-hydrogen) atoms. The smallest absolute Gasteiger partial charge is 0.290 e. The quantitative estimate of drug-likeness (QED) is 0.684. The van der Waals surface area contributed by atoms with E-state index in [1.165, 1.54) is 6.26 Å². The number of furan rings is 1.